The van der Waals surface area contributed by atoms with Crippen LogP contribution in [0.2, 0.25) is 0 Å². The average molecular weight is 499 g/mol. The van der Waals surface area contributed by atoms with Gasteiger partial charge in [-0.1, -0.05) is 76.6 Å². The van der Waals surface area contributed by atoms with Gasteiger partial charge in [0.2, 0.25) is 5.78 Å². The van der Waals surface area contributed by atoms with Gasteiger partial charge in [0, 0.05) is 23.6 Å². The monoisotopic (exact) mass is 498 g/mol. The Morgan fingerprint density at radius 1 is 0.818 bits per heavy atom. The normalized spacial score (nSPS) is 24.3. The molecule has 3 unspecified atom stereocenters. The van der Waals surface area contributed by atoms with Crippen LogP contribution >= 0.6 is 15.9 Å². The number of anilines is 1. The maximum absolute atomic E-state index is 14.1. The van der Waals surface area contributed by atoms with E-state index < -0.39 is 5.60 Å². The van der Waals surface area contributed by atoms with E-state index in [0.29, 0.717) is 12.1 Å². The number of Topliss-reactive ketones (excluding diaryl/α,β-unsaturated/α-hetero) is 1. The van der Waals surface area contributed by atoms with Crippen molar-refractivity contribution in [1.29, 1.82) is 0 Å². The van der Waals surface area contributed by atoms with Crippen LogP contribution < -0.4 is 5.06 Å². The maximum Gasteiger partial charge on any atom is 0.214 e. The number of carbonyl (C=O) groups is 1. The molecule has 0 aliphatic carbocycles. The van der Waals surface area contributed by atoms with E-state index in [-0.39, 0.29) is 17.7 Å². The molecule has 4 nitrogen and oxygen atoms in total. The highest BCUT2D eigenvalue weighted by Crippen LogP contribution is 2.56. The minimum Gasteiger partial charge on any atom is -0.345 e. The quantitative estimate of drug-likeness (QED) is 0.321. The fourth-order valence-corrected chi connectivity index (χ4v) is 5.65. The Hall–Kier alpha value is -3.15. The number of carbonyl (C=O) groups excluding carboxylic acids is 1. The topological polar surface area (TPSA) is 34.5 Å². The van der Waals surface area contributed by atoms with Crippen LogP contribution in [0.5, 0.6) is 0 Å². The van der Waals surface area contributed by atoms with Gasteiger partial charge in [-0.2, -0.15) is 0 Å². The molecule has 3 heterocycles. The number of benzene rings is 3. The van der Waals surface area contributed by atoms with Crippen LogP contribution in [0.4, 0.5) is 5.69 Å². The molecule has 0 amide bonds. The smallest absolute Gasteiger partial charge is 0.214 e. The molecular formula is C28H23BrN2O2. The number of aryl methyl sites for hydroxylation is 1. The van der Waals surface area contributed by atoms with Gasteiger partial charge in [0.05, 0.1) is 23.3 Å². The fraction of sp³-hybridized carbons (Fsp3) is 0.179. The second kappa shape index (κ2) is 8.01. The minimum atomic E-state index is -0.988. The van der Waals surface area contributed by atoms with Gasteiger partial charge in [-0.05, 0) is 47.5 Å². The van der Waals surface area contributed by atoms with Crippen molar-refractivity contribution in [2.75, 3.05) is 5.06 Å². The van der Waals surface area contributed by atoms with Gasteiger partial charge < -0.3 is 4.57 Å². The zero-order valence-corrected chi connectivity index (χ0v) is 19.6. The largest absolute Gasteiger partial charge is 0.345 e. The van der Waals surface area contributed by atoms with E-state index in [1.807, 2.05) is 76.5 Å². The Kier molecular flexibility index (Phi) is 4.97. The van der Waals surface area contributed by atoms with Crippen LogP contribution in [0.25, 0.3) is 0 Å². The standard InChI is InChI=1S/C28H23BrN2O2/c29-22-15-13-20(14-16-22)25-26(21-8-3-1-4-9-21)31(23-10-5-2-6-11-23)33-28(25)17-19-30-18-7-12-24(30)27(28)32/h1-16,18,25-26H,17,19H2. The summed E-state index contributed by atoms with van der Waals surface area (Å²) < 4.78 is 3.05. The van der Waals surface area contributed by atoms with Crippen molar-refractivity contribution >= 4 is 27.4 Å². The number of rotatable bonds is 3. The SMILES string of the molecule is O=C1c2cccn2CCC12ON(c1ccccc1)C(c1ccccc1)C2c1ccc(Br)cc1. The summed E-state index contributed by atoms with van der Waals surface area (Å²) in [4.78, 5) is 21.0. The van der Waals surface area contributed by atoms with Crippen LogP contribution in [0.1, 0.15) is 40.0 Å². The molecule has 0 N–H and O–H groups in total. The first-order valence-corrected chi connectivity index (χ1v) is 12.0. The molecule has 0 bridgehead atoms. The third-order valence-electron chi connectivity index (χ3n) is 6.88. The Labute approximate surface area is 201 Å². The van der Waals surface area contributed by atoms with E-state index in [9.17, 15) is 4.79 Å². The minimum absolute atomic E-state index is 0.0473. The van der Waals surface area contributed by atoms with Gasteiger partial charge in [-0.3, -0.25) is 9.63 Å². The number of hydrogen-bond donors (Lipinski definition) is 0. The molecule has 1 fully saturated rings. The Balaban J connectivity index is 1.59. The number of halogens is 1. The van der Waals surface area contributed by atoms with E-state index in [4.69, 9.17) is 4.84 Å². The molecule has 0 saturated carbocycles. The molecule has 3 atom stereocenters. The second-order valence-corrected chi connectivity index (χ2v) is 9.61. The summed E-state index contributed by atoms with van der Waals surface area (Å²) in [6, 6.07) is 32.5. The highest BCUT2D eigenvalue weighted by Gasteiger charge is 2.61. The van der Waals surface area contributed by atoms with Crippen LogP contribution in [0.3, 0.4) is 0 Å². The summed E-state index contributed by atoms with van der Waals surface area (Å²) in [7, 11) is 0. The van der Waals surface area contributed by atoms with E-state index in [1.165, 1.54) is 0 Å². The van der Waals surface area contributed by atoms with Crippen molar-refractivity contribution in [1.82, 2.24) is 4.57 Å². The van der Waals surface area contributed by atoms with Crippen molar-refractivity contribution in [3.8, 4) is 0 Å². The van der Waals surface area contributed by atoms with Gasteiger partial charge >= 0.3 is 0 Å². The summed E-state index contributed by atoms with van der Waals surface area (Å²) in [5.41, 5.74) is 2.89. The Bertz CT molecular complexity index is 1290. The molecule has 2 aliphatic heterocycles. The van der Waals surface area contributed by atoms with Crippen LogP contribution in [-0.2, 0) is 11.4 Å². The number of hydrogen-bond acceptors (Lipinski definition) is 3. The lowest BCUT2D eigenvalue weighted by Crippen LogP contribution is -2.48. The molecule has 2 aliphatic rings. The van der Waals surface area contributed by atoms with Crippen molar-refractivity contribution in [3.63, 3.8) is 0 Å². The zero-order chi connectivity index (χ0) is 22.4. The molecule has 1 spiro atoms. The summed E-state index contributed by atoms with van der Waals surface area (Å²) in [5, 5.41) is 1.97. The molecule has 1 aromatic heterocycles. The molecule has 6 rings (SSSR count). The third kappa shape index (κ3) is 3.26. The molecule has 3 aromatic carbocycles. The summed E-state index contributed by atoms with van der Waals surface area (Å²) in [6.07, 6.45) is 2.59. The number of hydroxylamine groups is 1. The van der Waals surface area contributed by atoms with Crippen LogP contribution in [0, 0.1) is 0 Å². The van der Waals surface area contributed by atoms with Crippen molar-refractivity contribution in [2.24, 2.45) is 0 Å². The number of aromatic nitrogens is 1. The second-order valence-electron chi connectivity index (χ2n) is 8.69. The molecule has 0 radical (unpaired) electrons. The van der Waals surface area contributed by atoms with Crippen molar-refractivity contribution in [3.05, 3.63) is 125 Å². The fourth-order valence-electron chi connectivity index (χ4n) is 5.38. The highest BCUT2D eigenvalue weighted by atomic mass is 79.9. The van der Waals surface area contributed by atoms with Crippen LogP contribution in [0.15, 0.2) is 108 Å². The number of nitrogens with zero attached hydrogens (tertiary/aromatic N) is 2. The highest BCUT2D eigenvalue weighted by molar-refractivity contribution is 9.10. The van der Waals surface area contributed by atoms with Gasteiger partial charge in [-0.25, -0.2) is 5.06 Å². The van der Waals surface area contributed by atoms with Gasteiger partial charge in [0.1, 0.15) is 0 Å². The average Bonchev–Trinajstić information content (AvgIpc) is 3.47. The lowest BCUT2D eigenvalue weighted by Gasteiger charge is -2.36. The first kappa shape index (κ1) is 20.5. The maximum atomic E-state index is 14.1. The number of fused-ring (bicyclic) bond motifs is 1. The van der Waals surface area contributed by atoms with Gasteiger partial charge in [-0.15, -0.1) is 0 Å². The molecule has 4 aromatic rings. The Morgan fingerprint density at radius 2 is 1.52 bits per heavy atom. The zero-order valence-electron chi connectivity index (χ0n) is 18.0. The molecule has 33 heavy (non-hydrogen) atoms. The van der Waals surface area contributed by atoms with E-state index in [0.717, 1.165) is 27.8 Å². The first-order chi connectivity index (χ1) is 16.2. The summed E-state index contributed by atoms with van der Waals surface area (Å²) in [5.74, 6) is -0.129. The lowest BCUT2D eigenvalue weighted by atomic mass is 9.70. The predicted molar refractivity (Wildman–Crippen MR) is 132 cm³/mol. The van der Waals surface area contributed by atoms with Gasteiger partial charge in [0.15, 0.2) is 5.60 Å². The third-order valence-corrected chi connectivity index (χ3v) is 7.41. The van der Waals surface area contributed by atoms with E-state index in [2.05, 4.69) is 52.3 Å². The lowest BCUT2D eigenvalue weighted by molar-refractivity contribution is -0.0195. The number of ketones is 1. The van der Waals surface area contributed by atoms with Gasteiger partial charge in [0.25, 0.3) is 0 Å². The molecule has 5 heteroatoms. The van der Waals surface area contributed by atoms with E-state index in [1.54, 1.807) is 0 Å². The van der Waals surface area contributed by atoms with Crippen LogP contribution in [-0.4, -0.2) is 16.0 Å². The van der Waals surface area contributed by atoms with Crippen molar-refractivity contribution < 1.29 is 9.63 Å². The molecular weight excluding hydrogens is 476 g/mol. The first-order valence-electron chi connectivity index (χ1n) is 11.2. The molecule has 1 saturated heterocycles. The predicted octanol–water partition coefficient (Wildman–Crippen LogP) is 6.55. The Morgan fingerprint density at radius 3 is 2.24 bits per heavy atom. The van der Waals surface area contributed by atoms with Crippen molar-refractivity contribution in [2.45, 2.75) is 30.5 Å². The summed E-state index contributed by atoms with van der Waals surface area (Å²) in [6.45, 7) is 0.741. The molecule has 164 valence electrons. The van der Waals surface area contributed by atoms with E-state index >= 15 is 0 Å². The summed E-state index contributed by atoms with van der Waals surface area (Å²) >= 11 is 3.57. The number of para-hydroxylation sites is 1.